The van der Waals surface area contributed by atoms with Crippen LogP contribution in [0.2, 0.25) is 0 Å². The van der Waals surface area contributed by atoms with E-state index in [2.05, 4.69) is 15.6 Å². The zero-order valence-electron chi connectivity index (χ0n) is 16.8. The Bertz CT molecular complexity index is 983. The highest BCUT2D eigenvalue weighted by Gasteiger charge is 2.21. The molecule has 10 nitrogen and oxygen atoms in total. The van der Waals surface area contributed by atoms with Crippen molar-refractivity contribution in [3.63, 3.8) is 0 Å². The average Bonchev–Trinajstić information content (AvgIpc) is 3.52. The quantitative estimate of drug-likeness (QED) is 0.461. The van der Waals surface area contributed by atoms with E-state index in [9.17, 15) is 14.4 Å². The lowest BCUT2D eigenvalue weighted by molar-refractivity contribution is -0.120. The second kappa shape index (κ2) is 11.1. The molecule has 3 rings (SSSR count). The number of hydrogen-bond acceptors (Lipinski definition) is 8. The van der Waals surface area contributed by atoms with Crippen molar-refractivity contribution in [2.45, 2.75) is 13.0 Å². The van der Waals surface area contributed by atoms with Crippen molar-refractivity contribution in [1.82, 2.24) is 15.2 Å². The zero-order valence-corrected chi connectivity index (χ0v) is 17.6. The van der Waals surface area contributed by atoms with E-state index in [1.54, 1.807) is 23.6 Å². The van der Waals surface area contributed by atoms with Gasteiger partial charge in [0.1, 0.15) is 12.3 Å². The highest BCUT2D eigenvalue weighted by atomic mass is 32.1. The molecule has 0 aliphatic heterocycles. The number of hydrogen-bond donors (Lipinski definition) is 2. The van der Waals surface area contributed by atoms with Gasteiger partial charge in [0.05, 0.1) is 37.8 Å². The predicted molar refractivity (Wildman–Crippen MR) is 111 cm³/mol. The SMILES string of the molecule is COCCN(CC(=O)Nc1nc(CC(=O)NCc2ccco2)cs1)C(=O)c1ccco1. The van der Waals surface area contributed by atoms with Crippen LogP contribution < -0.4 is 10.6 Å². The lowest BCUT2D eigenvalue weighted by atomic mass is 10.3. The molecule has 0 unspecified atom stereocenters. The van der Waals surface area contributed by atoms with E-state index in [0.717, 1.165) is 0 Å². The van der Waals surface area contributed by atoms with E-state index < -0.39 is 11.8 Å². The first-order valence-corrected chi connectivity index (χ1v) is 10.3. The third kappa shape index (κ3) is 6.79. The van der Waals surface area contributed by atoms with Gasteiger partial charge < -0.3 is 29.1 Å². The summed E-state index contributed by atoms with van der Waals surface area (Å²) < 4.78 is 15.3. The van der Waals surface area contributed by atoms with Gasteiger partial charge in [0, 0.05) is 19.0 Å². The van der Waals surface area contributed by atoms with E-state index >= 15 is 0 Å². The molecule has 3 heterocycles. The molecule has 11 heteroatoms. The van der Waals surface area contributed by atoms with E-state index in [0.29, 0.717) is 23.1 Å². The summed E-state index contributed by atoms with van der Waals surface area (Å²) in [6.07, 6.45) is 3.00. The molecule has 3 amide bonds. The van der Waals surface area contributed by atoms with Crippen molar-refractivity contribution >= 4 is 34.2 Å². The van der Waals surface area contributed by atoms with Crippen molar-refractivity contribution in [3.05, 3.63) is 59.4 Å². The molecule has 0 saturated heterocycles. The fourth-order valence-electron chi connectivity index (χ4n) is 2.61. The molecule has 0 bridgehead atoms. The maximum atomic E-state index is 12.5. The second-order valence-electron chi connectivity index (χ2n) is 6.42. The first kappa shape index (κ1) is 22.2. The van der Waals surface area contributed by atoms with Crippen LogP contribution in [-0.2, 0) is 27.3 Å². The lowest BCUT2D eigenvalue weighted by Gasteiger charge is -2.20. The van der Waals surface area contributed by atoms with Crippen LogP contribution in [0.1, 0.15) is 22.0 Å². The van der Waals surface area contributed by atoms with Gasteiger partial charge in [0.15, 0.2) is 10.9 Å². The predicted octanol–water partition coefficient (Wildman–Crippen LogP) is 1.92. The fourth-order valence-corrected chi connectivity index (χ4v) is 3.34. The van der Waals surface area contributed by atoms with Crippen molar-refractivity contribution in [3.8, 4) is 0 Å². The smallest absolute Gasteiger partial charge is 0.290 e. The largest absolute Gasteiger partial charge is 0.467 e. The van der Waals surface area contributed by atoms with Gasteiger partial charge >= 0.3 is 0 Å². The summed E-state index contributed by atoms with van der Waals surface area (Å²) in [5.74, 6) is -0.249. The summed E-state index contributed by atoms with van der Waals surface area (Å²) >= 11 is 1.20. The van der Waals surface area contributed by atoms with E-state index in [1.807, 2.05) is 0 Å². The van der Waals surface area contributed by atoms with Crippen molar-refractivity contribution in [2.24, 2.45) is 0 Å². The molecular formula is C20H22N4O6S. The number of nitrogens with one attached hydrogen (secondary N) is 2. The number of rotatable bonds is 11. The summed E-state index contributed by atoms with van der Waals surface area (Å²) in [5.41, 5.74) is 0.528. The first-order chi connectivity index (χ1) is 15.0. The van der Waals surface area contributed by atoms with Gasteiger partial charge in [0.2, 0.25) is 11.8 Å². The Kier molecular flexibility index (Phi) is 7.96. The lowest BCUT2D eigenvalue weighted by Crippen LogP contribution is -2.39. The molecule has 31 heavy (non-hydrogen) atoms. The summed E-state index contributed by atoms with van der Waals surface area (Å²) in [5, 5.41) is 7.42. The Morgan fingerprint density at radius 3 is 2.68 bits per heavy atom. The molecule has 2 N–H and O–H groups in total. The number of ether oxygens (including phenoxy) is 1. The number of carbonyl (C=O) groups is 3. The monoisotopic (exact) mass is 446 g/mol. The third-order valence-corrected chi connectivity index (χ3v) is 4.91. The Labute approximate surface area is 182 Å². The molecule has 0 fully saturated rings. The average molecular weight is 446 g/mol. The van der Waals surface area contributed by atoms with Gasteiger partial charge in [-0.25, -0.2) is 4.98 Å². The van der Waals surface area contributed by atoms with Crippen LogP contribution >= 0.6 is 11.3 Å². The molecule has 3 aromatic heterocycles. The molecule has 0 spiro atoms. The minimum absolute atomic E-state index is 0.0734. The molecule has 164 valence electrons. The summed E-state index contributed by atoms with van der Waals surface area (Å²) in [7, 11) is 1.51. The summed E-state index contributed by atoms with van der Waals surface area (Å²) in [6, 6.07) is 6.65. The maximum Gasteiger partial charge on any atom is 0.290 e. The molecule has 0 aliphatic carbocycles. The number of carbonyl (C=O) groups excluding carboxylic acids is 3. The van der Waals surface area contributed by atoms with Crippen LogP contribution in [-0.4, -0.2) is 54.4 Å². The number of amides is 3. The summed E-state index contributed by atoms with van der Waals surface area (Å²) in [6.45, 7) is 0.596. The third-order valence-electron chi connectivity index (χ3n) is 4.10. The van der Waals surface area contributed by atoms with Crippen molar-refractivity contribution in [1.29, 1.82) is 0 Å². The molecule has 0 aliphatic rings. The number of nitrogens with zero attached hydrogens (tertiary/aromatic N) is 2. The Balaban J connectivity index is 1.50. The van der Waals surface area contributed by atoms with Crippen LogP contribution in [0, 0.1) is 0 Å². The van der Waals surface area contributed by atoms with Gasteiger partial charge in [0.25, 0.3) is 5.91 Å². The van der Waals surface area contributed by atoms with Crippen LogP contribution in [0.25, 0.3) is 0 Å². The van der Waals surface area contributed by atoms with E-state index in [-0.39, 0.29) is 37.8 Å². The van der Waals surface area contributed by atoms with E-state index in [1.165, 1.54) is 41.9 Å². The topological polar surface area (TPSA) is 127 Å². The van der Waals surface area contributed by atoms with Gasteiger partial charge in [-0.2, -0.15) is 0 Å². The highest BCUT2D eigenvalue weighted by molar-refractivity contribution is 7.13. The molecule has 0 aromatic carbocycles. The maximum absolute atomic E-state index is 12.5. The Morgan fingerprint density at radius 2 is 1.97 bits per heavy atom. The van der Waals surface area contributed by atoms with Crippen LogP contribution in [0.3, 0.4) is 0 Å². The van der Waals surface area contributed by atoms with Gasteiger partial charge in [-0.05, 0) is 24.3 Å². The Morgan fingerprint density at radius 1 is 1.16 bits per heavy atom. The number of furan rings is 2. The fraction of sp³-hybridized carbons (Fsp3) is 0.300. The van der Waals surface area contributed by atoms with Crippen molar-refractivity contribution in [2.75, 3.05) is 32.1 Å². The van der Waals surface area contributed by atoms with Crippen LogP contribution in [0.4, 0.5) is 5.13 Å². The molecule has 3 aromatic rings. The number of methoxy groups -OCH3 is 1. The number of anilines is 1. The van der Waals surface area contributed by atoms with E-state index in [4.69, 9.17) is 13.6 Å². The highest BCUT2D eigenvalue weighted by Crippen LogP contribution is 2.16. The van der Waals surface area contributed by atoms with Gasteiger partial charge in [-0.15, -0.1) is 11.3 Å². The standard InChI is InChI=1S/C20H22N4O6S/c1-28-9-6-24(19(27)16-5-3-8-30-16)12-18(26)23-20-22-14(13-31-20)10-17(25)21-11-15-4-2-7-29-15/h2-5,7-8,13H,6,9-12H2,1H3,(H,21,25)(H,22,23,26). The molecule has 0 saturated carbocycles. The van der Waals surface area contributed by atoms with Crippen molar-refractivity contribution < 1.29 is 28.0 Å². The molecular weight excluding hydrogens is 424 g/mol. The first-order valence-electron chi connectivity index (χ1n) is 9.40. The normalized spacial score (nSPS) is 10.6. The van der Waals surface area contributed by atoms with Crippen LogP contribution in [0.5, 0.6) is 0 Å². The number of aromatic nitrogens is 1. The van der Waals surface area contributed by atoms with Gasteiger partial charge in [-0.3, -0.25) is 14.4 Å². The minimum Gasteiger partial charge on any atom is -0.467 e. The Hall–Kier alpha value is -3.44. The second-order valence-corrected chi connectivity index (χ2v) is 7.28. The number of thiazole rings is 1. The summed E-state index contributed by atoms with van der Waals surface area (Å²) in [4.78, 5) is 42.5. The van der Waals surface area contributed by atoms with Crippen LogP contribution in [0.15, 0.2) is 51.0 Å². The minimum atomic E-state index is -0.417. The zero-order chi connectivity index (χ0) is 22.1. The molecule has 0 radical (unpaired) electrons. The van der Waals surface area contributed by atoms with Gasteiger partial charge in [-0.1, -0.05) is 0 Å². The molecule has 0 atom stereocenters.